The molecule has 4 aromatic heterocycles. The Kier molecular flexibility index (Phi) is 12.7. The molecule has 3 fully saturated rings. The van der Waals surface area contributed by atoms with Crippen LogP contribution in [0.1, 0.15) is 64.4 Å². The van der Waals surface area contributed by atoms with E-state index >= 15 is 0 Å². The third kappa shape index (κ3) is 9.52. The van der Waals surface area contributed by atoms with E-state index < -0.39 is 109 Å². The second-order valence-electron chi connectivity index (χ2n) is 18.1. The number of H-pyrrole nitrogens is 1. The maximum absolute atomic E-state index is 14.6. The van der Waals surface area contributed by atoms with Crippen LogP contribution < -0.4 is 16.2 Å². The first kappa shape index (κ1) is 46.9. The van der Waals surface area contributed by atoms with Crippen molar-refractivity contribution in [3.63, 3.8) is 0 Å². The number of phosphoric ester groups is 1. The third-order valence-electron chi connectivity index (χ3n) is 12.0. The molecule has 2 amide bonds. The molecule has 0 aliphatic carbocycles. The molecule has 4 N–H and O–H groups in total. The number of aromatic nitrogens is 8. The van der Waals surface area contributed by atoms with Gasteiger partial charge in [0.05, 0.1) is 25.9 Å². The maximum Gasteiger partial charge on any atom is 0.472 e. The van der Waals surface area contributed by atoms with Crippen LogP contribution in [0.25, 0.3) is 22.3 Å². The van der Waals surface area contributed by atoms with E-state index in [4.69, 9.17) is 32.0 Å². The first-order valence-electron chi connectivity index (χ1n) is 20.9. The average Bonchev–Trinajstić information content (AvgIpc) is 4.00. The summed E-state index contributed by atoms with van der Waals surface area (Å²) in [4.78, 5) is 74.6. The number of anilines is 2. The van der Waals surface area contributed by atoms with Crippen LogP contribution >= 0.6 is 15.4 Å². The van der Waals surface area contributed by atoms with Gasteiger partial charge in [0, 0.05) is 24.1 Å². The molecule has 7 heterocycles. The number of imidazole rings is 2. The molecular weight excluding hydrogens is 907 g/mol. The fourth-order valence-corrected chi connectivity index (χ4v) is 11.0. The molecule has 350 valence electrons. The highest BCUT2D eigenvalue weighted by atomic mass is 31.2. The highest BCUT2D eigenvalue weighted by Gasteiger charge is 2.55. The molecule has 0 saturated carbocycles. The quantitative estimate of drug-likeness (QED) is 0.112. The summed E-state index contributed by atoms with van der Waals surface area (Å²) >= 11 is 0. The molecule has 65 heavy (non-hydrogen) atoms. The van der Waals surface area contributed by atoms with Crippen molar-refractivity contribution in [2.24, 2.45) is 11.8 Å². The van der Waals surface area contributed by atoms with Gasteiger partial charge in [-0.15, -0.1) is 0 Å². The van der Waals surface area contributed by atoms with Crippen LogP contribution in [0.2, 0.25) is 18.1 Å². The van der Waals surface area contributed by atoms with Gasteiger partial charge in [0.2, 0.25) is 11.9 Å². The standard InChI is InChI=1S/C39H52N10O13P2Si/c1-20(2)33(50)46-38-45-32-26(35(52)47-38)43-19-49(32)37-29-28(62-65(8,9)39(4,5)6)24(59-37)16-57-64(54,55)61-27-21(3)36(58-23(27)15-56-63(7,53)60-29)48-18-42-25-30(40-17-41-31(25)48)44-34(51)22-13-11-10-12-14-22/h10-14,17-21,23-24,27-29,36-37H,15-16H2,1-9H3,(H,54,55)(H,40,41,44,51)(H2,45,46,47,50,52)/t21?,23-,24-,27-,28?,29+,36-,37-,63?/m1/s1. The maximum atomic E-state index is 14.6. The van der Waals surface area contributed by atoms with Gasteiger partial charge in [-0.2, -0.15) is 4.98 Å². The summed E-state index contributed by atoms with van der Waals surface area (Å²) in [6.07, 6.45) is -4.15. The smallest absolute Gasteiger partial charge is 0.408 e. The zero-order chi connectivity index (χ0) is 46.8. The van der Waals surface area contributed by atoms with Crippen molar-refractivity contribution in [3.8, 4) is 0 Å². The Labute approximate surface area is 373 Å². The van der Waals surface area contributed by atoms with Crippen molar-refractivity contribution in [2.75, 3.05) is 30.5 Å². The van der Waals surface area contributed by atoms with Crippen molar-refractivity contribution in [3.05, 3.63) is 65.2 Å². The predicted octanol–water partition coefficient (Wildman–Crippen LogP) is 5.37. The van der Waals surface area contributed by atoms with Gasteiger partial charge in [0.25, 0.3) is 11.5 Å². The number of fused-ring (bicyclic) bond motifs is 5. The lowest BCUT2D eigenvalue weighted by Crippen LogP contribution is -2.50. The molecule has 10 atom stereocenters. The largest absolute Gasteiger partial charge is 0.472 e. The molecule has 2 bridgehead atoms. The van der Waals surface area contributed by atoms with Crippen molar-refractivity contribution in [2.45, 2.75) is 103 Å². The highest BCUT2D eigenvalue weighted by molar-refractivity contribution is 7.53. The normalized spacial score (nSPS) is 30.1. The second-order valence-corrected chi connectivity index (χ2v) is 26.2. The first-order chi connectivity index (χ1) is 30.5. The monoisotopic (exact) mass is 958 g/mol. The van der Waals surface area contributed by atoms with Crippen molar-refractivity contribution >= 4 is 69.6 Å². The number of nitrogens with one attached hydrogen (secondary N) is 3. The molecule has 1 aromatic carbocycles. The fourth-order valence-electron chi connectivity index (χ4n) is 7.48. The van der Waals surface area contributed by atoms with E-state index in [0.29, 0.717) is 5.56 Å². The van der Waals surface area contributed by atoms with E-state index in [9.17, 15) is 28.4 Å². The Morgan fingerprint density at radius 3 is 2.26 bits per heavy atom. The van der Waals surface area contributed by atoms with E-state index in [1.54, 1.807) is 55.7 Å². The number of phosphoric acid groups is 1. The number of aromatic amines is 1. The number of nitrogens with zero attached hydrogens (tertiary/aromatic N) is 7. The van der Waals surface area contributed by atoms with Gasteiger partial charge in [0.15, 0.2) is 42.7 Å². The van der Waals surface area contributed by atoms with E-state index in [2.05, 4.69) is 40.5 Å². The molecule has 4 unspecified atom stereocenters. The molecule has 0 spiro atoms. The van der Waals surface area contributed by atoms with E-state index in [1.165, 1.54) is 30.2 Å². The highest BCUT2D eigenvalue weighted by Crippen LogP contribution is 2.56. The number of ether oxygens (including phenoxy) is 2. The van der Waals surface area contributed by atoms with Crippen LogP contribution in [0.3, 0.4) is 0 Å². The van der Waals surface area contributed by atoms with Crippen molar-refractivity contribution in [1.29, 1.82) is 0 Å². The fraction of sp³-hybridized carbons (Fsp3) is 0.538. The summed E-state index contributed by atoms with van der Waals surface area (Å²) in [5, 5.41) is 4.99. The van der Waals surface area contributed by atoms with E-state index in [0.717, 1.165) is 0 Å². The molecule has 5 aromatic rings. The zero-order valence-corrected chi connectivity index (χ0v) is 39.9. The van der Waals surface area contributed by atoms with Crippen LogP contribution in [-0.4, -0.2) is 114 Å². The van der Waals surface area contributed by atoms with E-state index in [1.807, 2.05) is 33.9 Å². The predicted molar refractivity (Wildman–Crippen MR) is 235 cm³/mol. The second kappa shape index (κ2) is 17.6. The molecule has 8 rings (SSSR count). The van der Waals surface area contributed by atoms with E-state index in [-0.39, 0.29) is 39.1 Å². The Morgan fingerprint density at radius 1 is 0.908 bits per heavy atom. The van der Waals surface area contributed by atoms with Crippen LogP contribution in [0, 0.1) is 11.8 Å². The topological polar surface area (TPSA) is 284 Å². The lowest BCUT2D eigenvalue weighted by Gasteiger charge is -2.40. The average molecular weight is 959 g/mol. The Hall–Kier alpha value is -4.58. The lowest BCUT2D eigenvalue weighted by molar-refractivity contribution is -0.118. The number of rotatable bonds is 8. The lowest BCUT2D eigenvalue weighted by atomic mass is 10.0. The minimum Gasteiger partial charge on any atom is -0.408 e. The van der Waals surface area contributed by atoms with Crippen molar-refractivity contribution in [1.82, 2.24) is 39.0 Å². The molecule has 26 heteroatoms. The van der Waals surface area contributed by atoms with Crippen LogP contribution in [0.15, 0.2) is 54.1 Å². The summed E-state index contributed by atoms with van der Waals surface area (Å²) < 4.78 is 75.6. The summed E-state index contributed by atoms with van der Waals surface area (Å²) in [6.45, 7) is 15.3. The minimum absolute atomic E-state index is 0.0200. The summed E-state index contributed by atoms with van der Waals surface area (Å²) in [7, 11) is -11.9. The Morgan fingerprint density at radius 2 is 1.57 bits per heavy atom. The number of benzene rings is 1. The van der Waals surface area contributed by atoms with Crippen LogP contribution in [0.4, 0.5) is 11.8 Å². The first-order valence-corrected chi connectivity index (χ1v) is 27.3. The molecule has 0 radical (unpaired) electrons. The molecule has 23 nitrogen and oxygen atoms in total. The summed E-state index contributed by atoms with van der Waals surface area (Å²) in [5.74, 6) is -1.97. The molecule has 3 saturated heterocycles. The van der Waals surface area contributed by atoms with Gasteiger partial charge in [0.1, 0.15) is 43.1 Å². The van der Waals surface area contributed by atoms with Gasteiger partial charge >= 0.3 is 15.4 Å². The number of amides is 2. The number of hydrogen-bond donors (Lipinski definition) is 4. The van der Waals surface area contributed by atoms with Crippen LogP contribution in [0.5, 0.6) is 0 Å². The molecule has 3 aliphatic rings. The number of carbonyl (C=O) groups excluding carboxylic acids is 2. The SMILES string of the molecule is CC(C)C(=O)Nc1nc2c(ncn2[C@@H]2O[C@@H]3COP(=O)(O)O[C@@H]4C(C)[C@H](n5cnc6c(NC(=O)c7ccccc7)ncnc65)O[C@@H]4COP(C)(=O)O[C@H]2C3O[Si](C)(C)C(C)(C)C)c(=O)[nH]1. The Bertz CT molecular complexity index is 2760. The van der Waals surface area contributed by atoms with Crippen molar-refractivity contribution < 1.29 is 55.6 Å². The minimum atomic E-state index is -4.98. The zero-order valence-electron chi connectivity index (χ0n) is 37.1. The van der Waals surface area contributed by atoms with Gasteiger partial charge in [-0.25, -0.2) is 24.5 Å². The van der Waals surface area contributed by atoms with Gasteiger partial charge in [-0.05, 0) is 30.3 Å². The van der Waals surface area contributed by atoms with Crippen LogP contribution in [-0.2, 0) is 45.9 Å². The Balaban J connectivity index is 1.12. The molecule has 3 aliphatic heterocycles. The van der Waals surface area contributed by atoms with Gasteiger partial charge < -0.3 is 28.6 Å². The number of carbonyl (C=O) groups is 2. The molecular formula is C39H52N10O13P2Si. The summed E-state index contributed by atoms with van der Waals surface area (Å²) in [5.41, 5.74) is 0.139. The third-order valence-corrected chi connectivity index (χ3v) is 18.7. The number of hydrogen-bond acceptors (Lipinski definition) is 17. The van der Waals surface area contributed by atoms with Gasteiger partial charge in [-0.1, -0.05) is 59.7 Å². The summed E-state index contributed by atoms with van der Waals surface area (Å²) in [6, 6.07) is 8.57. The van der Waals surface area contributed by atoms with Gasteiger partial charge in [-0.3, -0.25) is 52.0 Å².